The molecule has 2 rings (SSSR count). The zero-order chi connectivity index (χ0) is 13.0. The molecular weight excluding hydrogens is 224 g/mol. The minimum Gasteiger partial charge on any atom is -0.373 e. The van der Waals surface area contributed by atoms with E-state index in [4.69, 9.17) is 10.5 Å². The predicted octanol–water partition coefficient (Wildman–Crippen LogP) is 2.39. The molecule has 2 aliphatic rings. The lowest BCUT2D eigenvalue weighted by molar-refractivity contribution is -0.0783. The van der Waals surface area contributed by atoms with Gasteiger partial charge in [0.15, 0.2) is 0 Å². The summed E-state index contributed by atoms with van der Waals surface area (Å²) in [6, 6.07) is 0. The van der Waals surface area contributed by atoms with Crippen molar-refractivity contribution in [2.75, 3.05) is 26.2 Å². The van der Waals surface area contributed by atoms with Gasteiger partial charge in [-0.1, -0.05) is 25.7 Å². The Bertz CT molecular complexity index is 239. The highest BCUT2D eigenvalue weighted by atomic mass is 16.5. The number of rotatable bonds is 3. The number of nitrogens with zero attached hydrogens (tertiary/aromatic N) is 1. The van der Waals surface area contributed by atoms with Gasteiger partial charge in [0.05, 0.1) is 12.2 Å². The molecular formula is C15H30N2O. The third-order valence-corrected chi connectivity index (χ3v) is 4.65. The summed E-state index contributed by atoms with van der Waals surface area (Å²) in [6.07, 6.45) is 8.92. The summed E-state index contributed by atoms with van der Waals surface area (Å²) in [6.45, 7) is 8.56. The number of hydrogen-bond donors (Lipinski definition) is 1. The number of morpholine rings is 1. The first-order chi connectivity index (χ1) is 8.63. The molecule has 1 aliphatic carbocycles. The van der Waals surface area contributed by atoms with E-state index >= 15 is 0 Å². The molecule has 1 saturated carbocycles. The van der Waals surface area contributed by atoms with E-state index in [0.29, 0.717) is 17.6 Å². The normalized spacial score (nSPS) is 34.2. The monoisotopic (exact) mass is 254 g/mol. The molecule has 3 heteroatoms. The van der Waals surface area contributed by atoms with Gasteiger partial charge in [0.25, 0.3) is 0 Å². The van der Waals surface area contributed by atoms with Crippen LogP contribution in [-0.4, -0.2) is 43.3 Å². The molecule has 2 atom stereocenters. The lowest BCUT2D eigenvalue weighted by atomic mass is 9.79. The van der Waals surface area contributed by atoms with Gasteiger partial charge in [-0.2, -0.15) is 0 Å². The van der Waals surface area contributed by atoms with E-state index in [9.17, 15) is 0 Å². The van der Waals surface area contributed by atoms with Crippen molar-refractivity contribution in [3.8, 4) is 0 Å². The van der Waals surface area contributed by atoms with Crippen LogP contribution in [-0.2, 0) is 4.74 Å². The molecule has 0 spiro atoms. The zero-order valence-corrected chi connectivity index (χ0v) is 12.2. The van der Waals surface area contributed by atoms with E-state index in [1.807, 2.05) is 0 Å². The van der Waals surface area contributed by atoms with E-state index in [-0.39, 0.29) is 0 Å². The highest BCUT2D eigenvalue weighted by Crippen LogP contribution is 2.35. The van der Waals surface area contributed by atoms with Crippen LogP contribution in [0.4, 0.5) is 0 Å². The summed E-state index contributed by atoms with van der Waals surface area (Å²) < 4.78 is 5.82. The molecule has 1 saturated heterocycles. The molecule has 2 fully saturated rings. The SMILES string of the molecule is C[C@@H]1CN(CC2(CN)CCCCCC2)C[C@H](C)O1. The second-order valence-electron chi connectivity index (χ2n) is 6.57. The smallest absolute Gasteiger partial charge is 0.0678 e. The van der Waals surface area contributed by atoms with Gasteiger partial charge in [0, 0.05) is 19.6 Å². The summed E-state index contributed by atoms with van der Waals surface area (Å²) in [5.41, 5.74) is 6.52. The second kappa shape index (κ2) is 6.36. The largest absolute Gasteiger partial charge is 0.373 e. The van der Waals surface area contributed by atoms with Crippen molar-refractivity contribution in [2.24, 2.45) is 11.1 Å². The molecule has 106 valence electrons. The standard InChI is InChI=1S/C15H30N2O/c1-13-9-17(10-14(2)18-13)12-15(11-16)7-5-3-4-6-8-15/h13-14H,3-12,16H2,1-2H3/t13-,14+. The van der Waals surface area contributed by atoms with Crippen LogP contribution in [0.1, 0.15) is 52.4 Å². The van der Waals surface area contributed by atoms with Gasteiger partial charge in [-0.15, -0.1) is 0 Å². The molecule has 3 nitrogen and oxygen atoms in total. The van der Waals surface area contributed by atoms with Crippen LogP contribution in [0.25, 0.3) is 0 Å². The minimum absolute atomic E-state index is 0.370. The fourth-order valence-corrected chi connectivity index (χ4v) is 3.79. The third-order valence-electron chi connectivity index (χ3n) is 4.65. The minimum atomic E-state index is 0.370. The topological polar surface area (TPSA) is 38.5 Å². The van der Waals surface area contributed by atoms with Gasteiger partial charge in [0.1, 0.15) is 0 Å². The molecule has 0 amide bonds. The summed E-state index contributed by atoms with van der Waals surface area (Å²) in [5, 5.41) is 0. The molecule has 1 aliphatic heterocycles. The third kappa shape index (κ3) is 3.69. The zero-order valence-electron chi connectivity index (χ0n) is 12.2. The van der Waals surface area contributed by atoms with Gasteiger partial charge in [-0.05, 0) is 38.6 Å². The van der Waals surface area contributed by atoms with Gasteiger partial charge in [-0.25, -0.2) is 0 Å². The van der Waals surface area contributed by atoms with E-state index in [2.05, 4.69) is 18.7 Å². The van der Waals surface area contributed by atoms with Crippen LogP contribution in [0.2, 0.25) is 0 Å². The summed E-state index contributed by atoms with van der Waals surface area (Å²) >= 11 is 0. The molecule has 0 radical (unpaired) electrons. The van der Waals surface area contributed by atoms with Crippen LogP contribution in [0.15, 0.2) is 0 Å². The Morgan fingerprint density at radius 3 is 2.11 bits per heavy atom. The van der Waals surface area contributed by atoms with Crippen molar-refractivity contribution in [2.45, 2.75) is 64.6 Å². The Balaban J connectivity index is 1.95. The molecule has 0 unspecified atom stereocenters. The van der Waals surface area contributed by atoms with E-state index in [1.165, 1.54) is 45.1 Å². The maximum Gasteiger partial charge on any atom is 0.0678 e. The van der Waals surface area contributed by atoms with Crippen LogP contribution in [0.5, 0.6) is 0 Å². The fourth-order valence-electron chi connectivity index (χ4n) is 3.79. The number of ether oxygens (including phenoxy) is 1. The lowest BCUT2D eigenvalue weighted by Gasteiger charge is -2.42. The van der Waals surface area contributed by atoms with Crippen molar-refractivity contribution >= 4 is 0 Å². The quantitative estimate of drug-likeness (QED) is 0.786. The number of hydrogen-bond acceptors (Lipinski definition) is 3. The second-order valence-corrected chi connectivity index (χ2v) is 6.57. The lowest BCUT2D eigenvalue weighted by Crippen LogP contribution is -2.51. The maximum atomic E-state index is 6.14. The van der Waals surface area contributed by atoms with Gasteiger partial charge in [0.2, 0.25) is 0 Å². The summed E-state index contributed by atoms with van der Waals surface area (Å²) in [5.74, 6) is 0. The number of nitrogens with two attached hydrogens (primary N) is 1. The summed E-state index contributed by atoms with van der Waals surface area (Å²) in [4.78, 5) is 2.59. The first kappa shape index (κ1) is 14.3. The van der Waals surface area contributed by atoms with Gasteiger partial charge < -0.3 is 10.5 Å². The van der Waals surface area contributed by atoms with Crippen molar-refractivity contribution in [3.63, 3.8) is 0 Å². The van der Waals surface area contributed by atoms with Gasteiger partial charge in [-0.3, -0.25) is 4.90 Å². The molecule has 0 aromatic rings. The Hall–Kier alpha value is -0.120. The molecule has 18 heavy (non-hydrogen) atoms. The summed E-state index contributed by atoms with van der Waals surface area (Å²) in [7, 11) is 0. The van der Waals surface area contributed by atoms with Crippen LogP contribution in [0.3, 0.4) is 0 Å². The molecule has 0 aromatic heterocycles. The average Bonchev–Trinajstić information content (AvgIpc) is 2.54. The van der Waals surface area contributed by atoms with Crippen molar-refractivity contribution in [1.82, 2.24) is 4.90 Å². The molecule has 0 bridgehead atoms. The highest BCUT2D eigenvalue weighted by molar-refractivity contribution is 4.87. The fraction of sp³-hybridized carbons (Fsp3) is 1.00. The van der Waals surface area contributed by atoms with Crippen LogP contribution >= 0.6 is 0 Å². The Labute approximate surface area is 112 Å². The van der Waals surface area contributed by atoms with E-state index in [0.717, 1.165) is 19.6 Å². The predicted molar refractivity (Wildman–Crippen MR) is 75.6 cm³/mol. The Morgan fingerprint density at radius 1 is 1.06 bits per heavy atom. The molecule has 2 N–H and O–H groups in total. The first-order valence-electron chi connectivity index (χ1n) is 7.71. The average molecular weight is 254 g/mol. The molecule has 1 heterocycles. The van der Waals surface area contributed by atoms with Crippen LogP contribution in [0, 0.1) is 5.41 Å². The molecule has 0 aromatic carbocycles. The maximum absolute atomic E-state index is 6.14. The van der Waals surface area contributed by atoms with Gasteiger partial charge >= 0.3 is 0 Å². The van der Waals surface area contributed by atoms with Crippen molar-refractivity contribution in [3.05, 3.63) is 0 Å². The Morgan fingerprint density at radius 2 is 1.61 bits per heavy atom. The first-order valence-corrected chi connectivity index (χ1v) is 7.71. The van der Waals surface area contributed by atoms with Crippen LogP contribution < -0.4 is 5.73 Å². The van der Waals surface area contributed by atoms with E-state index in [1.54, 1.807) is 0 Å². The highest BCUT2D eigenvalue weighted by Gasteiger charge is 2.34. The van der Waals surface area contributed by atoms with E-state index < -0.39 is 0 Å². The Kier molecular flexibility index (Phi) is 5.05. The van der Waals surface area contributed by atoms with Crippen molar-refractivity contribution in [1.29, 1.82) is 0 Å². The van der Waals surface area contributed by atoms with Crippen molar-refractivity contribution < 1.29 is 4.74 Å².